The van der Waals surface area contributed by atoms with Crippen LogP contribution in [0.1, 0.15) is 6.42 Å². The van der Waals surface area contributed by atoms with Crippen molar-refractivity contribution in [2.24, 2.45) is 0 Å². The molecule has 2 aliphatic heterocycles. The second-order valence-corrected chi connectivity index (χ2v) is 7.30. The first-order valence-electron chi connectivity index (χ1n) is 10.0. The third-order valence-corrected chi connectivity index (χ3v) is 5.20. The van der Waals surface area contributed by atoms with E-state index < -0.39 is 0 Å². The second-order valence-electron chi connectivity index (χ2n) is 7.30. The molecule has 9 nitrogen and oxygen atoms in total. The van der Waals surface area contributed by atoms with Crippen LogP contribution < -0.4 is 34.5 Å². The van der Waals surface area contributed by atoms with Crippen LogP contribution in [0.25, 0.3) is 0 Å². The summed E-state index contributed by atoms with van der Waals surface area (Å²) in [5.74, 6) is 2.41. The molecule has 2 aromatic carbocycles. The normalized spacial score (nSPS) is 19.7. The van der Waals surface area contributed by atoms with Crippen molar-refractivity contribution in [3.8, 4) is 23.0 Å². The van der Waals surface area contributed by atoms with E-state index in [1.165, 1.54) is 0 Å². The first kappa shape index (κ1) is 20.6. The molecule has 2 atom stereocenters. The van der Waals surface area contributed by atoms with Crippen molar-refractivity contribution in [3.05, 3.63) is 42.5 Å². The summed E-state index contributed by atoms with van der Waals surface area (Å²) in [6.45, 7) is 1.02. The molecule has 0 aliphatic carbocycles. The van der Waals surface area contributed by atoms with Crippen LogP contribution in [-0.4, -0.2) is 58.0 Å². The highest BCUT2D eigenvalue weighted by molar-refractivity contribution is 5.97. The summed E-state index contributed by atoms with van der Waals surface area (Å²) in [6.07, 6.45) is -0.0628. The van der Waals surface area contributed by atoms with Crippen LogP contribution in [-0.2, 0) is 4.79 Å². The average Bonchev–Trinajstić information content (AvgIpc) is 3.16. The molecule has 0 bridgehead atoms. The molecule has 0 unspecified atom stereocenters. The second kappa shape index (κ2) is 9.03. The van der Waals surface area contributed by atoms with Gasteiger partial charge >= 0.3 is 6.03 Å². The van der Waals surface area contributed by atoms with Gasteiger partial charge in [-0.05, 0) is 24.3 Å². The molecule has 2 aliphatic rings. The molecule has 9 heteroatoms. The Kier molecular flexibility index (Phi) is 6.01. The van der Waals surface area contributed by atoms with Gasteiger partial charge < -0.3 is 34.5 Å². The number of hydrogen-bond acceptors (Lipinski definition) is 6. The lowest BCUT2D eigenvalue weighted by Gasteiger charge is -2.26. The number of urea groups is 1. The molecule has 0 aromatic heterocycles. The predicted molar refractivity (Wildman–Crippen MR) is 113 cm³/mol. The molecule has 31 heavy (non-hydrogen) atoms. The number of carbonyl (C=O) groups is 2. The van der Waals surface area contributed by atoms with Gasteiger partial charge in [0.25, 0.3) is 0 Å². The minimum absolute atomic E-state index is 0.0712. The van der Waals surface area contributed by atoms with Gasteiger partial charge in [0.05, 0.1) is 26.8 Å². The molecular formula is C22H25N3O6. The summed E-state index contributed by atoms with van der Waals surface area (Å²) in [4.78, 5) is 26.5. The van der Waals surface area contributed by atoms with Gasteiger partial charge in [0.1, 0.15) is 6.61 Å². The van der Waals surface area contributed by atoms with Crippen LogP contribution >= 0.6 is 0 Å². The van der Waals surface area contributed by atoms with Gasteiger partial charge in [0, 0.05) is 24.7 Å². The van der Waals surface area contributed by atoms with E-state index in [2.05, 4.69) is 10.6 Å². The maximum Gasteiger partial charge on any atom is 0.315 e. The smallest absolute Gasteiger partial charge is 0.315 e. The average molecular weight is 427 g/mol. The van der Waals surface area contributed by atoms with Crippen molar-refractivity contribution < 1.29 is 28.5 Å². The monoisotopic (exact) mass is 427 g/mol. The van der Waals surface area contributed by atoms with Gasteiger partial charge in [-0.25, -0.2) is 4.79 Å². The molecule has 1 fully saturated rings. The van der Waals surface area contributed by atoms with E-state index in [0.717, 1.165) is 0 Å². The largest absolute Gasteiger partial charge is 0.493 e. The highest BCUT2D eigenvalue weighted by atomic mass is 16.6. The Bertz CT molecular complexity index is 966. The summed E-state index contributed by atoms with van der Waals surface area (Å²) in [6, 6.07) is 12.0. The summed E-state index contributed by atoms with van der Waals surface area (Å²) in [5, 5.41) is 5.65. The van der Waals surface area contributed by atoms with Gasteiger partial charge in [-0.1, -0.05) is 12.1 Å². The fraction of sp³-hybridized carbons (Fsp3) is 0.364. The van der Waals surface area contributed by atoms with E-state index in [4.69, 9.17) is 18.9 Å². The van der Waals surface area contributed by atoms with Crippen LogP contribution in [0, 0.1) is 0 Å². The Balaban J connectivity index is 1.28. The van der Waals surface area contributed by atoms with E-state index in [1.54, 1.807) is 37.3 Å². The molecule has 2 heterocycles. The van der Waals surface area contributed by atoms with Crippen LogP contribution in [0.15, 0.2) is 42.5 Å². The first-order chi connectivity index (χ1) is 15.1. The van der Waals surface area contributed by atoms with Gasteiger partial charge in [-0.2, -0.15) is 0 Å². The quantitative estimate of drug-likeness (QED) is 0.731. The van der Waals surface area contributed by atoms with Gasteiger partial charge in [0.2, 0.25) is 5.91 Å². The number of amides is 3. The molecule has 0 radical (unpaired) electrons. The maximum absolute atomic E-state index is 12.5. The number of nitrogens with one attached hydrogen (secondary N) is 2. The van der Waals surface area contributed by atoms with Crippen molar-refractivity contribution in [1.82, 2.24) is 10.6 Å². The van der Waals surface area contributed by atoms with E-state index in [0.29, 0.717) is 48.4 Å². The van der Waals surface area contributed by atoms with Crippen molar-refractivity contribution >= 4 is 17.6 Å². The number of hydrogen-bond donors (Lipinski definition) is 2. The molecular weight excluding hydrogens is 402 g/mol. The van der Waals surface area contributed by atoms with Crippen molar-refractivity contribution in [3.63, 3.8) is 0 Å². The minimum atomic E-state index is -0.352. The Labute approximate surface area is 180 Å². The fourth-order valence-electron chi connectivity index (χ4n) is 3.65. The van der Waals surface area contributed by atoms with E-state index in [9.17, 15) is 9.59 Å². The highest BCUT2D eigenvalue weighted by Gasteiger charge is 2.32. The standard InChI is InChI=1S/C22H25N3O6/c1-28-17-8-7-15(10-20(17)29-2)25-12-14(9-21(25)26)24-22(27)23-11-16-13-30-18-5-3-4-6-19(18)31-16/h3-8,10,14,16H,9,11-13H2,1-2H3,(H2,23,24,27)/t14-,16+/m0/s1. The van der Waals surface area contributed by atoms with Gasteiger partial charge in [-0.15, -0.1) is 0 Å². The molecule has 0 spiro atoms. The number of nitrogens with zero attached hydrogens (tertiary/aromatic N) is 1. The number of rotatable bonds is 6. The summed E-state index contributed by atoms with van der Waals surface area (Å²) in [5.41, 5.74) is 0.693. The van der Waals surface area contributed by atoms with Crippen molar-refractivity contribution in [1.29, 1.82) is 0 Å². The number of carbonyl (C=O) groups excluding carboxylic acids is 2. The Morgan fingerprint density at radius 2 is 1.90 bits per heavy atom. The Morgan fingerprint density at radius 3 is 2.68 bits per heavy atom. The van der Waals surface area contributed by atoms with E-state index >= 15 is 0 Å². The van der Waals surface area contributed by atoms with Crippen molar-refractivity contribution in [2.45, 2.75) is 18.6 Å². The topological polar surface area (TPSA) is 98.4 Å². The van der Waals surface area contributed by atoms with Crippen LogP contribution in [0.5, 0.6) is 23.0 Å². The number of benzene rings is 2. The number of methoxy groups -OCH3 is 2. The van der Waals surface area contributed by atoms with Crippen LogP contribution in [0.3, 0.4) is 0 Å². The number of para-hydroxylation sites is 2. The predicted octanol–water partition coefficient (Wildman–Crippen LogP) is 1.95. The molecule has 1 saturated heterocycles. The lowest BCUT2D eigenvalue weighted by atomic mass is 10.2. The van der Waals surface area contributed by atoms with E-state index in [-0.39, 0.29) is 30.5 Å². The molecule has 2 aromatic rings. The maximum atomic E-state index is 12.5. The zero-order valence-corrected chi connectivity index (χ0v) is 17.4. The minimum Gasteiger partial charge on any atom is -0.493 e. The third-order valence-electron chi connectivity index (χ3n) is 5.20. The first-order valence-corrected chi connectivity index (χ1v) is 10.0. The Morgan fingerprint density at radius 1 is 1.13 bits per heavy atom. The zero-order valence-electron chi connectivity index (χ0n) is 17.4. The third kappa shape index (κ3) is 4.60. The molecule has 0 saturated carbocycles. The lowest BCUT2D eigenvalue weighted by molar-refractivity contribution is -0.117. The van der Waals surface area contributed by atoms with E-state index in [1.807, 2.05) is 24.3 Å². The lowest BCUT2D eigenvalue weighted by Crippen LogP contribution is -2.47. The summed E-state index contributed by atoms with van der Waals surface area (Å²) < 4.78 is 22.0. The number of anilines is 1. The molecule has 3 amide bonds. The van der Waals surface area contributed by atoms with Crippen LogP contribution in [0.4, 0.5) is 10.5 Å². The van der Waals surface area contributed by atoms with Gasteiger partial charge in [-0.3, -0.25) is 4.79 Å². The summed E-state index contributed by atoms with van der Waals surface area (Å²) in [7, 11) is 3.10. The zero-order chi connectivity index (χ0) is 21.8. The molecule has 2 N–H and O–H groups in total. The van der Waals surface area contributed by atoms with Crippen molar-refractivity contribution in [2.75, 3.05) is 38.8 Å². The SMILES string of the molecule is COc1ccc(N2C[C@@H](NC(=O)NC[C@@H]3COc4ccccc4O3)CC2=O)cc1OC. The number of fused-ring (bicyclic) bond motifs is 1. The highest BCUT2D eigenvalue weighted by Crippen LogP contribution is 2.33. The molecule has 164 valence electrons. The molecule has 4 rings (SSSR count). The van der Waals surface area contributed by atoms with Gasteiger partial charge in [0.15, 0.2) is 29.1 Å². The summed E-state index contributed by atoms with van der Waals surface area (Å²) >= 11 is 0. The fourth-order valence-corrected chi connectivity index (χ4v) is 3.65. The number of ether oxygens (including phenoxy) is 4. The van der Waals surface area contributed by atoms with Crippen LogP contribution in [0.2, 0.25) is 0 Å². The Hall–Kier alpha value is -3.62.